The van der Waals surface area contributed by atoms with E-state index < -0.39 is 10.9 Å². The van der Waals surface area contributed by atoms with Gasteiger partial charge in [0, 0.05) is 5.10 Å². The van der Waals surface area contributed by atoms with Crippen molar-refractivity contribution in [2.24, 2.45) is 5.10 Å². The van der Waals surface area contributed by atoms with E-state index in [0.717, 1.165) is 0 Å². The summed E-state index contributed by atoms with van der Waals surface area (Å²) in [4.78, 5) is 13.7. The van der Waals surface area contributed by atoms with Crippen molar-refractivity contribution >= 4 is 18.1 Å². The highest BCUT2D eigenvalue weighted by atomic mass is 16.6. The van der Waals surface area contributed by atoms with Crippen LogP contribution in [0.5, 0.6) is 11.5 Å². The molecule has 0 aliphatic heterocycles. The minimum atomic E-state index is -0.675. The molecule has 1 aromatic heterocycles. The molecule has 2 N–H and O–H groups in total. The number of nitro groups is 1. The number of hydrogen-bond donors (Lipinski definition) is 2. The smallest absolute Gasteiger partial charge is 0.493 e. The molecule has 1 aromatic carbocycles. The van der Waals surface area contributed by atoms with Gasteiger partial charge in [-0.3, -0.25) is 0 Å². The van der Waals surface area contributed by atoms with Gasteiger partial charge in [-0.2, -0.15) is 9.78 Å². The van der Waals surface area contributed by atoms with Gasteiger partial charge in [-0.1, -0.05) is 0 Å². The number of hydrogen-bond acceptors (Lipinski definition) is 8. The first kappa shape index (κ1) is 15.2. The molecule has 0 bridgehead atoms. The summed E-state index contributed by atoms with van der Waals surface area (Å²) in [5.74, 6) is 0.00678. The lowest BCUT2D eigenvalue weighted by molar-refractivity contribution is -0.394. The zero-order chi connectivity index (χ0) is 16.1. The fourth-order valence-corrected chi connectivity index (χ4v) is 1.65. The molecule has 0 amide bonds. The molecule has 2 aromatic rings. The molecule has 2 rings (SSSR count). The van der Waals surface area contributed by atoms with Crippen molar-refractivity contribution in [2.75, 3.05) is 12.5 Å². The monoisotopic (exact) mass is 306 g/mol. The fraction of sp³-hybridized carbons (Fsp3) is 0.250. The average molecular weight is 306 g/mol. The lowest BCUT2D eigenvalue weighted by atomic mass is 10.2. The van der Waals surface area contributed by atoms with Crippen LogP contribution in [0, 0.1) is 10.1 Å². The zero-order valence-electron chi connectivity index (χ0n) is 11.9. The number of nitrogens with zero attached hydrogens (tertiary/aromatic N) is 5. The third kappa shape index (κ3) is 3.29. The van der Waals surface area contributed by atoms with Crippen LogP contribution >= 0.6 is 0 Å². The predicted molar refractivity (Wildman–Crippen MR) is 78.2 cm³/mol. The molecule has 1 heterocycles. The molecular formula is C12H14N6O4. The normalized spacial score (nSPS) is 10.8. The number of methoxy groups -OCH3 is 1. The second kappa shape index (κ2) is 6.52. The summed E-state index contributed by atoms with van der Waals surface area (Å²) >= 11 is 0. The van der Waals surface area contributed by atoms with Gasteiger partial charge in [0.15, 0.2) is 11.5 Å². The number of phenolic OH excluding ortho intramolecular Hbond substituents is 1. The van der Waals surface area contributed by atoms with Gasteiger partial charge in [0.25, 0.3) is 0 Å². The number of nitrogens with one attached hydrogen (secondary N) is 1. The summed E-state index contributed by atoms with van der Waals surface area (Å²) in [6.07, 6.45) is 1.46. The predicted octanol–water partition coefficient (Wildman–Crippen LogP) is 1.37. The highest BCUT2D eigenvalue weighted by Gasteiger charge is 2.19. The Hall–Kier alpha value is -3.17. The Bertz CT molecular complexity index is 712. The molecule has 22 heavy (non-hydrogen) atoms. The van der Waals surface area contributed by atoms with Crippen LogP contribution in [0.2, 0.25) is 0 Å². The number of hydrazone groups is 1. The van der Waals surface area contributed by atoms with Crippen molar-refractivity contribution in [3.63, 3.8) is 0 Å². The van der Waals surface area contributed by atoms with Crippen LogP contribution in [0.25, 0.3) is 0 Å². The number of phenols is 1. The van der Waals surface area contributed by atoms with E-state index in [0.29, 0.717) is 17.9 Å². The van der Waals surface area contributed by atoms with E-state index >= 15 is 0 Å². The molecule has 0 spiro atoms. The first-order chi connectivity index (χ1) is 10.5. The lowest BCUT2D eigenvalue weighted by Crippen LogP contribution is -2.03. The zero-order valence-corrected chi connectivity index (χ0v) is 11.9. The average Bonchev–Trinajstić information content (AvgIpc) is 2.92. The topological polar surface area (TPSA) is 128 Å². The molecular weight excluding hydrogens is 292 g/mol. The van der Waals surface area contributed by atoms with E-state index in [1.54, 1.807) is 19.1 Å². The molecule has 10 heteroatoms. The van der Waals surface area contributed by atoms with Gasteiger partial charge in [-0.15, -0.1) is 0 Å². The number of rotatable bonds is 6. The van der Waals surface area contributed by atoms with Gasteiger partial charge < -0.3 is 20.0 Å². The van der Waals surface area contributed by atoms with E-state index in [-0.39, 0.29) is 11.7 Å². The number of anilines is 1. The third-order valence-electron chi connectivity index (χ3n) is 2.71. The van der Waals surface area contributed by atoms with Crippen LogP contribution in [0.15, 0.2) is 23.3 Å². The first-order valence-electron chi connectivity index (χ1n) is 6.30. The van der Waals surface area contributed by atoms with Crippen LogP contribution in [0.3, 0.4) is 0 Å². The third-order valence-corrected chi connectivity index (χ3v) is 2.71. The maximum Gasteiger partial charge on any atom is 0.493 e. The maximum absolute atomic E-state index is 10.6. The van der Waals surface area contributed by atoms with E-state index in [9.17, 15) is 15.2 Å². The van der Waals surface area contributed by atoms with Crippen molar-refractivity contribution in [3.8, 4) is 11.5 Å². The van der Waals surface area contributed by atoms with Gasteiger partial charge in [0.1, 0.15) is 0 Å². The van der Waals surface area contributed by atoms with Crippen LogP contribution < -0.4 is 10.2 Å². The van der Waals surface area contributed by atoms with Crippen molar-refractivity contribution in [1.82, 2.24) is 14.8 Å². The molecule has 0 atom stereocenters. The molecule has 0 fully saturated rings. The minimum absolute atomic E-state index is 0.0222. The van der Waals surface area contributed by atoms with E-state index in [4.69, 9.17) is 4.74 Å². The number of benzene rings is 1. The number of aryl methyl sites for hydroxylation is 1. The van der Waals surface area contributed by atoms with E-state index in [2.05, 4.69) is 20.6 Å². The summed E-state index contributed by atoms with van der Waals surface area (Å²) in [6, 6.07) is 4.70. The Morgan fingerprint density at radius 2 is 2.36 bits per heavy atom. The van der Waals surface area contributed by atoms with Gasteiger partial charge >= 0.3 is 11.9 Å². The number of ether oxygens (including phenoxy) is 1. The molecule has 0 unspecified atom stereocenters. The minimum Gasteiger partial charge on any atom is -0.504 e. The van der Waals surface area contributed by atoms with Crippen LogP contribution in [-0.4, -0.2) is 38.1 Å². The lowest BCUT2D eigenvalue weighted by Gasteiger charge is -2.03. The summed E-state index contributed by atoms with van der Waals surface area (Å²) < 4.78 is 6.31. The van der Waals surface area contributed by atoms with E-state index in [1.165, 1.54) is 24.1 Å². The quantitative estimate of drug-likeness (QED) is 0.468. The van der Waals surface area contributed by atoms with Crippen LogP contribution in [-0.2, 0) is 6.54 Å². The van der Waals surface area contributed by atoms with Gasteiger partial charge in [0.2, 0.25) is 0 Å². The highest BCUT2D eigenvalue weighted by Crippen LogP contribution is 2.25. The molecule has 0 radical (unpaired) electrons. The Kier molecular flexibility index (Phi) is 4.51. The number of aromatic nitrogens is 3. The van der Waals surface area contributed by atoms with Crippen LogP contribution in [0.4, 0.5) is 11.9 Å². The fourth-order valence-electron chi connectivity index (χ4n) is 1.65. The highest BCUT2D eigenvalue weighted by molar-refractivity contribution is 5.81. The Labute approximate surface area is 125 Å². The molecule has 0 aliphatic carbocycles. The molecule has 0 saturated carbocycles. The molecule has 116 valence electrons. The first-order valence-corrected chi connectivity index (χ1v) is 6.30. The van der Waals surface area contributed by atoms with Gasteiger partial charge in [0.05, 0.1) is 19.9 Å². The van der Waals surface area contributed by atoms with Crippen molar-refractivity contribution < 1.29 is 14.8 Å². The standard InChI is InChI=1S/C12H14N6O4/c1-3-17-11(14-12(16-17)18(20)21)15-13-7-8-4-5-9(19)10(6-8)22-2/h4-7,19H,3H2,1-2H3,(H,14,15,16)/b13-7+. The summed E-state index contributed by atoms with van der Waals surface area (Å²) in [5.41, 5.74) is 3.26. The number of aromatic hydroxyl groups is 1. The van der Waals surface area contributed by atoms with Gasteiger partial charge in [-0.05, 0) is 40.6 Å². The Balaban J connectivity index is 2.14. The SMILES string of the molecule is CCn1nc([N+](=O)[O-])nc1N/N=C/c1ccc(O)c(OC)c1. The summed E-state index contributed by atoms with van der Waals surface area (Å²) in [5, 5.41) is 27.8. The summed E-state index contributed by atoms with van der Waals surface area (Å²) in [6.45, 7) is 2.18. The van der Waals surface area contributed by atoms with Crippen LogP contribution in [0.1, 0.15) is 12.5 Å². The second-order valence-corrected chi connectivity index (χ2v) is 4.11. The Morgan fingerprint density at radius 3 is 3.00 bits per heavy atom. The van der Waals surface area contributed by atoms with Crippen molar-refractivity contribution in [2.45, 2.75) is 13.5 Å². The molecule has 10 nitrogen and oxygen atoms in total. The maximum atomic E-state index is 10.6. The summed E-state index contributed by atoms with van der Waals surface area (Å²) in [7, 11) is 1.44. The van der Waals surface area contributed by atoms with E-state index in [1.807, 2.05) is 0 Å². The van der Waals surface area contributed by atoms with Gasteiger partial charge in [-0.25, -0.2) is 5.43 Å². The van der Waals surface area contributed by atoms with Crippen molar-refractivity contribution in [1.29, 1.82) is 0 Å². The molecule has 0 saturated heterocycles. The van der Waals surface area contributed by atoms with Crippen molar-refractivity contribution in [3.05, 3.63) is 33.9 Å². The Morgan fingerprint density at radius 1 is 1.59 bits per heavy atom. The second-order valence-electron chi connectivity index (χ2n) is 4.11. The molecule has 0 aliphatic rings. The largest absolute Gasteiger partial charge is 0.504 e.